The van der Waals surface area contributed by atoms with Gasteiger partial charge in [-0.15, -0.1) is 11.3 Å². The molecule has 0 aliphatic rings. The summed E-state index contributed by atoms with van der Waals surface area (Å²) in [4.78, 5) is 15.7. The van der Waals surface area contributed by atoms with Crippen LogP contribution in [0.3, 0.4) is 0 Å². The minimum absolute atomic E-state index is 0.319. The predicted octanol–water partition coefficient (Wildman–Crippen LogP) is 4.33. The molecular weight excluding hydrogens is 306 g/mol. The topological polar surface area (TPSA) is 50.2 Å². The monoisotopic (exact) mass is 323 g/mol. The fourth-order valence-corrected chi connectivity index (χ4v) is 3.36. The maximum Gasteiger partial charge on any atom is 0.335 e. The van der Waals surface area contributed by atoms with Crippen LogP contribution in [0.1, 0.15) is 37.7 Å². The van der Waals surface area contributed by atoms with E-state index in [-0.39, 0.29) is 0 Å². The Balaban J connectivity index is 1.72. The lowest BCUT2D eigenvalue weighted by Gasteiger charge is -2.01. The molecule has 4 heteroatoms. The SMILES string of the molecule is Cc1cccc(Cc2csc(Cc3cccc(C(=O)O)c3)n2)c1. The van der Waals surface area contributed by atoms with Crippen molar-refractivity contribution >= 4 is 17.3 Å². The van der Waals surface area contributed by atoms with Gasteiger partial charge in [0.1, 0.15) is 0 Å². The number of aromatic carboxylic acids is 1. The van der Waals surface area contributed by atoms with Gasteiger partial charge in [0.25, 0.3) is 0 Å². The van der Waals surface area contributed by atoms with Crippen LogP contribution in [0.5, 0.6) is 0 Å². The summed E-state index contributed by atoms with van der Waals surface area (Å²) in [6.07, 6.45) is 1.49. The standard InChI is InChI=1S/C19H17NO2S/c1-13-4-2-5-14(8-13)10-17-12-23-18(20-17)11-15-6-3-7-16(9-15)19(21)22/h2-9,12H,10-11H2,1H3,(H,21,22). The van der Waals surface area contributed by atoms with E-state index >= 15 is 0 Å². The number of aryl methyl sites for hydroxylation is 1. The van der Waals surface area contributed by atoms with Gasteiger partial charge in [0.15, 0.2) is 0 Å². The van der Waals surface area contributed by atoms with Crippen molar-refractivity contribution in [2.75, 3.05) is 0 Å². The molecule has 2 aromatic carbocycles. The van der Waals surface area contributed by atoms with E-state index in [0.29, 0.717) is 12.0 Å². The molecule has 0 aliphatic carbocycles. The van der Waals surface area contributed by atoms with E-state index in [1.165, 1.54) is 11.1 Å². The molecular formula is C19H17NO2S. The lowest BCUT2D eigenvalue weighted by molar-refractivity contribution is 0.0697. The third kappa shape index (κ3) is 4.05. The molecule has 0 saturated heterocycles. The Morgan fingerprint density at radius 1 is 1.09 bits per heavy atom. The van der Waals surface area contributed by atoms with Crippen LogP contribution in [0.2, 0.25) is 0 Å². The minimum Gasteiger partial charge on any atom is -0.478 e. The number of nitrogens with zero attached hydrogens (tertiary/aromatic N) is 1. The summed E-state index contributed by atoms with van der Waals surface area (Å²) in [6, 6.07) is 15.5. The van der Waals surface area contributed by atoms with Gasteiger partial charge in [-0.25, -0.2) is 9.78 Å². The average molecular weight is 323 g/mol. The third-order valence-corrected chi connectivity index (χ3v) is 4.49. The van der Waals surface area contributed by atoms with Crippen LogP contribution in [0.25, 0.3) is 0 Å². The zero-order valence-electron chi connectivity index (χ0n) is 12.8. The second kappa shape index (κ2) is 6.75. The number of carboxylic acid groups (broad SMARTS) is 1. The number of aromatic nitrogens is 1. The summed E-state index contributed by atoms with van der Waals surface area (Å²) >= 11 is 1.62. The molecule has 0 atom stereocenters. The van der Waals surface area contributed by atoms with Gasteiger partial charge in [0, 0.05) is 18.2 Å². The van der Waals surface area contributed by atoms with Crippen LogP contribution in [0.4, 0.5) is 0 Å². The highest BCUT2D eigenvalue weighted by Crippen LogP contribution is 2.18. The molecule has 23 heavy (non-hydrogen) atoms. The molecule has 1 N–H and O–H groups in total. The Kier molecular flexibility index (Phi) is 4.53. The van der Waals surface area contributed by atoms with Gasteiger partial charge >= 0.3 is 5.97 Å². The predicted molar refractivity (Wildman–Crippen MR) is 92.3 cm³/mol. The first-order valence-corrected chi connectivity index (χ1v) is 8.29. The Morgan fingerprint density at radius 3 is 2.57 bits per heavy atom. The summed E-state index contributed by atoms with van der Waals surface area (Å²) in [5.74, 6) is -0.897. The lowest BCUT2D eigenvalue weighted by atomic mass is 10.1. The van der Waals surface area contributed by atoms with Crippen molar-refractivity contribution in [2.24, 2.45) is 0 Å². The van der Waals surface area contributed by atoms with E-state index < -0.39 is 5.97 Å². The number of carbonyl (C=O) groups is 1. The summed E-state index contributed by atoms with van der Waals surface area (Å²) in [5.41, 5.74) is 4.86. The molecule has 3 nitrogen and oxygen atoms in total. The number of hydrogen-bond acceptors (Lipinski definition) is 3. The highest BCUT2D eigenvalue weighted by atomic mass is 32.1. The molecule has 0 spiro atoms. The highest BCUT2D eigenvalue weighted by molar-refractivity contribution is 7.09. The first-order chi connectivity index (χ1) is 11.1. The summed E-state index contributed by atoms with van der Waals surface area (Å²) in [6.45, 7) is 2.09. The Hall–Kier alpha value is -2.46. The number of hydrogen-bond donors (Lipinski definition) is 1. The van der Waals surface area contributed by atoms with Crippen molar-refractivity contribution in [3.8, 4) is 0 Å². The number of benzene rings is 2. The molecule has 116 valence electrons. The van der Waals surface area contributed by atoms with Crippen LogP contribution >= 0.6 is 11.3 Å². The van der Waals surface area contributed by atoms with Gasteiger partial charge in [-0.2, -0.15) is 0 Å². The second-order valence-corrected chi connectivity index (χ2v) is 6.52. The Bertz CT molecular complexity index is 839. The van der Waals surface area contributed by atoms with Gasteiger partial charge in [0.2, 0.25) is 0 Å². The smallest absolute Gasteiger partial charge is 0.335 e. The van der Waals surface area contributed by atoms with Crippen LogP contribution < -0.4 is 0 Å². The molecule has 1 heterocycles. The molecule has 0 radical (unpaired) electrons. The van der Waals surface area contributed by atoms with Crippen molar-refractivity contribution in [3.63, 3.8) is 0 Å². The first kappa shape index (κ1) is 15.4. The molecule has 1 aromatic heterocycles. The van der Waals surface area contributed by atoms with E-state index in [9.17, 15) is 4.79 Å². The lowest BCUT2D eigenvalue weighted by Crippen LogP contribution is -1.98. The van der Waals surface area contributed by atoms with Gasteiger partial charge in [-0.05, 0) is 30.2 Å². The zero-order valence-corrected chi connectivity index (χ0v) is 13.6. The Labute approximate surface area is 139 Å². The van der Waals surface area contributed by atoms with Crippen LogP contribution in [0.15, 0.2) is 53.9 Å². The van der Waals surface area contributed by atoms with E-state index in [1.54, 1.807) is 29.5 Å². The van der Waals surface area contributed by atoms with Gasteiger partial charge in [-0.1, -0.05) is 42.0 Å². The molecule has 0 fully saturated rings. The molecule has 0 bridgehead atoms. The van der Waals surface area contributed by atoms with Crippen LogP contribution in [-0.4, -0.2) is 16.1 Å². The van der Waals surface area contributed by atoms with Crippen LogP contribution in [0, 0.1) is 6.92 Å². The largest absolute Gasteiger partial charge is 0.478 e. The number of thiazole rings is 1. The van der Waals surface area contributed by atoms with E-state index in [0.717, 1.165) is 22.7 Å². The molecule has 3 rings (SSSR count). The number of rotatable bonds is 5. The quantitative estimate of drug-likeness (QED) is 0.760. The fraction of sp³-hybridized carbons (Fsp3) is 0.158. The van der Waals surface area contributed by atoms with E-state index in [2.05, 4.69) is 41.6 Å². The van der Waals surface area contributed by atoms with Crippen molar-refractivity contribution in [3.05, 3.63) is 86.9 Å². The van der Waals surface area contributed by atoms with Crippen molar-refractivity contribution < 1.29 is 9.90 Å². The maximum absolute atomic E-state index is 11.0. The Morgan fingerprint density at radius 2 is 1.83 bits per heavy atom. The minimum atomic E-state index is -0.897. The van der Waals surface area contributed by atoms with E-state index in [4.69, 9.17) is 5.11 Å². The summed E-state index contributed by atoms with van der Waals surface area (Å²) < 4.78 is 0. The zero-order chi connectivity index (χ0) is 16.2. The van der Waals surface area contributed by atoms with Crippen molar-refractivity contribution in [2.45, 2.75) is 19.8 Å². The third-order valence-electron chi connectivity index (χ3n) is 3.60. The highest BCUT2D eigenvalue weighted by Gasteiger charge is 2.07. The molecule has 0 amide bonds. The van der Waals surface area contributed by atoms with Crippen LogP contribution in [-0.2, 0) is 12.8 Å². The molecule has 0 aliphatic heterocycles. The molecule has 0 unspecified atom stereocenters. The molecule has 3 aromatic rings. The average Bonchev–Trinajstić information content (AvgIpc) is 2.94. The normalized spacial score (nSPS) is 10.7. The first-order valence-electron chi connectivity index (χ1n) is 7.41. The summed E-state index contributed by atoms with van der Waals surface area (Å²) in [5, 5.41) is 12.1. The van der Waals surface area contributed by atoms with Gasteiger partial charge < -0.3 is 5.11 Å². The second-order valence-electron chi connectivity index (χ2n) is 5.58. The van der Waals surface area contributed by atoms with Crippen molar-refractivity contribution in [1.82, 2.24) is 4.98 Å². The molecule has 0 saturated carbocycles. The maximum atomic E-state index is 11.0. The number of carboxylic acids is 1. The summed E-state index contributed by atoms with van der Waals surface area (Å²) in [7, 11) is 0. The van der Waals surface area contributed by atoms with Gasteiger partial charge in [-0.3, -0.25) is 0 Å². The fourth-order valence-electron chi connectivity index (χ4n) is 2.53. The van der Waals surface area contributed by atoms with E-state index in [1.807, 2.05) is 6.07 Å². The van der Waals surface area contributed by atoms with Crippen molar-refractivity contribution in [1.29, 1.82) is 0 Å². The van der Waals surface area contributed by atoms with Gasteiger partial charge in [0.05, 0.1) is 16.3 Å².